The topological polar surface area (TPSA) is 103 Å². The van der Waals surface area contributed by atoms with E-state index in [0.29, 0.717) is 39.0 Å². The molecule has 37 heavy (non-hydrogen) atoms. The molecule has 3 N–H and O–H groups in total. The van der Waals surface area contributed by atoms with E-state index in [0.717, 1.165) is 5.56 Å². The van der Waals surface area contributed by atoms with E-state index < -0.39 is 5.92 Å². The Balaban J connectivity index is 1.59. The van der Waals surface area contributed by atoms with Gasteiger partial charge in [0.25, 0.3) is 5.91 Å². The predicted octanol–water partition coefficient (Wildman–Crippen LogP) is 5.40. The van der Waals surface area contributed by atoms with Crippen LogP contribution in [0.3, 0.4) is 0 Å². The van der Waals surface area contributed by atoms with Gasteiger partial charge in [-0.3, -0.25) is 9.59 Å². The number of anilines is 2. The van der Waals surface area contributed by atoms with Gasteiger partial charge in [-0.05, 0) is 36.8 Å². The van der Waals surface area contributed by atoms with Crippen LogP contribution < -0.4 is 20.7 Å². The van der Waals surface area contributed by atoms with Gasteiger partial charge in [0.2, 0.25) is 5.91 Å². The Morgan fingerprint density at radius 1 is 0.973 bits per heavy atom. The molecule has 8 heteroatoms. The van der Waals surface area contributed by atoms with Crippen LogP contribution in [0.2, 0.25) is 0 Å². The molecule has 0 saturated heterocycles. The van der Waals surface area contributed by atoms with Gasteiger partial charge in [-0.2, -0.15) is 5.26 Å². The van der Waals surface area contributed by atoms with Gasteiger partial charge in [0.1, 0.15) is 5.75 Å². The Morgan fingerprint density at radius 2 is 1.65 bits per heavy atom. The van der Waals surface area contributed by atoms with Gasteiger partial charge in [0.05, 0.1) is 35.5 Å². The number of hydrogen-bond donors (Lipinski definition) is 3. The number of dihydropyridines is 1. The van der Waals surface area contributed by atoms with E-state index >= 15 is 0 Å². The van der Waals surface area contributed by atoms with Crippen LogP contribution in [0.4, 0.5) is 11.4 Å². The average molecular weight is 511 g/mol. The zero-order chi connectivity index (χ0) is 26.2. The molecule has 7 nitrogen and oxygen atoms in total. The predicted molar refractivity (Wildman–Crippen MR) is 147 cm³/mol. The van der Waals surface area contributed by atoms with Crippen LogP contribution in [0, 0.1) is 11.3 Å². The van der Waals surface area contributed by atoms with Gasteiger partial charge >= 0.3 is 0 Å². The maximum atomic E-state index is 13.4. The second-order valence-corrected chi connectivity index (χ2v) is 9.24. The van der Waals surface area contributed by atoms with Crippen molar-refractivity contribution in [1.82, 2.24) is 5.32 Å². The molecule has 0 spiro atoms. The Hall–Kier alpha value is -4.48. The molecule has 3 aromatic rings. The van der Waals surface area contributed by atoms with Crippen LogP contribution >= 0.6 is 11.8 Å². The van der Waals surface area contributed by atoms with Crippen molar-refractivity contribution in [2.45, 2.75) is 12.8 Å². The molecule has 0 bridgehead atoms. The van der Waals surface area contributed by atoms with E-state index in [9.17, 15) is 14.9 Å². The number of carbonyl (C=O) groups is 2. The normalized spacial score (nSPS) is 14.9. The molecule has 186 valence electrons. The van der Waals surface area contributed by atoms with Gasteiger partial charge in [0.15, 0.2) is 0 Å². The van der Waals surface area contributed by atoms with E-state index in [2.05, 4.69) is 22.0 Å². The fraction of sp³-hybridized carbons (Fsp3) is 0.138. The summed E-state index contributed by atoms with van der Waals surface area (Å²) in [6, 6.07) is 28.0. The smallest absolute Gasteiger partial charge is 0.254 e. The first-order valence-corrected chi connectivity index (χ1v) is 12.6. The average Bonchev–Trinajstić information content (AvgIpc) is 2.92. The van der Waals surface area contributed by atoms with Crippen molar-refractivity contribution in [3.8, 4) is 11.8 Å². The first-order chi connectivity index (χ1) is 18.0. The van der Waals surface area contributed by atoms with Crippen molar-refractivity contribution in [3.05, 3.63) is 112 Å². The number of nitriles is 1. The summed E-state index contributed by atoms with van der Waals surface area (Å²) in [4.78, 5) is 26.1. The number of nitrogens with one attached hydrogen (secondary N) is 3. The van der Waals surface area contributed by atoms with Crippen molar-refractivity contribution in [3.63, 3.8) is 0 Å². The number of para-hydroxylation sites is 1. The summed E-state index contributed by atoms with van der Waals surface area (Å²) in [5, 5.41) is 19.7. The van der Waals surface area contributed by atoms with Crippen molar-refractivity contribution >= 4 is 35.0 Å². The lowest BCUT2D eigenvalue weighted by Crippen LogP contribution is -2.31. The molecule has 1 atom stereocenters. The summed E-state index contributed by atoms with van der Waals surface area (Å²) in [6.07, 6.45) is 0. The van der Waals surface area contributed by atoms with Crippen LogP contribution in [0.5, 0.6) is 5.75 Å². The molecular formula is C29H26N4O3S. The first-order valence-electron chi connectivity index (χ1n) is 11.6. The van der Waals surface area contributed by atoms with Crippen molar-refractivity contribution in [2.75, 3.05) is 23.5 Å². The molecule has 0 unspecified atom stereocenters. The molecule has 0 saturated carbocycles. The molecule has 3 aromatic carbocycles. The molecule has 1 aliphatic rings. The second kappa shape index (κ2) is 12.0. The monoisotopic (exact) mass is 510 g/mol. The van der Waals surface area contributed by atoms with Gasteiger partial charge < -0.3 is 20.7 Å². The summed E-state index contributed by atoms with van der Waals surface area (Å²) in [7, 11) is 1.56. The molecule has 0 fully saturated rings. The van der Waals surface area contributed by atoms with Crippen molar-refractivity contribution in [2.24, 2.45) is 0 Å². The number of ether oxygens (including phenoxy) is 1. The number of allylic oxidation sites excluding steroid dienone is 2. The Bertz CT molecular complexity index is 1400. The third kappa shape index (κ3) is 6.21. The largest absolute Gasteiger partial charge is 0.497 e. The minimum atomic E-state index is -0.583. The van der Waals surface area contributed by atoms with Crippen molar-refractivity contribution in [1.29, 1.82) is 5.26 Å². The molecular weight excluding hydrogens is 484 g/mol. The number of hydrogen-bond acceptors (Lipinski definition) is 6. The van der Waals surface area contributed by atoms with Gasteiger partial charge in [-0.1, -0.05) is 66.4 Å². The lowest BCUT2D eigenvalue weighted by Gasteiger charge is -2.29. The standard InChI is InChI=1S/C29H26N4O3S/c1-19-26(28(35)33-21-12-7-4-8-13-21)27(20-10-5-3-6-11-20)24(17-30)29(31-19)37-18-25(34)32-22-14-9-15-23(16-22)36-2/h3-16,27,31H,18H2,1-2H3,(H,32,34)(H,33,35)/t27-/m0/s1. The molecule has 2 amide bonds. The first kappa shape index (κ1) is 25.6. The third-order valence-corrected chi connectivity index (χ3v) is 6.77. The summed E-state index contributed by atoms with van der Waals surface area (Å²) < 4.78 is 5.20. The van der Waals surface area contributed by atoms with E-state index in [1.54, 1.807) is 38.3 Å². The summed E-state index contributed by atoms with van der Waals surface area (Å²) in [5.74, 6) is -0.389. The van der Waals surface area contributed by atoms with E-state index in [1.807, 2.05) is 60.7 Å². The Morgan fingerprint density at radius 3 is 2.32 bits per heavy atom. The van der Waals surface area contributed by atoms with E-state index in [-0.39, 0.29) is 17.6 Å². The molecule has 1 aliphatic heterocycles. The number of thioether (sulfide) groups is 1. The summed E-state index contributed by atoms with van der Waals surface area (Å²) in [5.41, 5.74) is 3.56. The quantitative estimate of drug-likeness (QED) is 0.375. The molecule has 0 aliphatic carbocycles. The van der Waals surface area contributed by atoms with Crippen LogP contribution in [-0.4, -0.2) is 24.7 Å². The maximum absolute atomic E-state index is 13.4. The zero-order valence-corrected chi connectivity index (χ0v) is 21.3. The fourth-order valence-corrected chi connectivity index (χ4v) is 4.95. The minimum Gasteiger partial charge on any atom is -0.497 e. The van der Waals surface area contributed by atoms with Crippen LogP contribution in [0.25, 0.3) is 0 Å². The van der Waals surface area contributed by atoms with Gasteiger partial charge in [0, 0.05) is 28.7 Å². The number of rotatable bonds is 8. The lowest BCUT2D eigenvalue weighted by molar-refractivity contribution is -0.114. The number of benzene rings is 3. The highest BCUT2D eigenvalue weighted by Gasteiger charge is 2.34. The maximum Gasteiger partial charge on any atom is 0.254 e. The lowest BCUT2D eigenvalue weighted by atomic mass is 9.82. The minimum absolute atomic E-state index is 0.0745. The van der Waals surface area contributed by atoms with E-state index in [4.69, 9.17) is 4.74 Å². The Kier molecular flexibility index (Phi) is 8.29. The molecule has 0 radical (unpaired) electrons. The third-order valence-electron chi connectivity index (χ3n) is 5.76. The Labute approximate surface area is 220 Å². The second-order valence-electron chi connectivity index (χ2n) is 8.25. The SMILES string of the molecule is COc1cccc(NC(=O)CSC2=C(C#N)[C@H](c3ccccc3)C(C(=O)Nc3ccccc3)=C(C)N2)c1. The van der Waals surface area contributed by atoms with E-state index in [1.165, 1.54) is 11.8 Å². The molecule has 1 heterocycles. The van der Waals surface area contributed by atoms with Gasteiger partial charge in [-0.25, -0.2) is 0 Å². The van der Waals surface area contributed by atoms with Gasteiger partial charge in [-0.15, -0.1) is 0 Å². The van der Waals surface area contributed by atoms with Crippen LogP contribution in [0.1, 0.15) is 18.4 Å². The highest BCUT2D eigenvalue weighted by atomic mass is 32.2. The number of methoxy groups -OCH3 is 1. The highest BCUT2D eigenvalue weighted by molar-refractivity contribution is 8.03. The number of carbonyl (C=O) groups excluding carboxylic acids is 2. The molecule has 4 rings (SSSR count). The summed E-state index contributed by atoms with van der Waals surface area (Å²) in [6.45, 7) is 1.81. The van der Waals surface area contributed by atoms with Crippen molar-refractivity contribution < 1.29 is 14.3 Å². The number of nitrogens with zero attached hydrogens (tertiary/aromatic N) is 1. The fourth-order valence-electron chi connectivity index (χ4n) is 4.06. The highest BCUT2D eigenvalue weighted by Crippen LogP contribution is 2.41. The van der Waals surface area contributed by atoms with Crippen LogP contribution in [-0.2, 0) is 9.59 Å². The van der Waals surface area contributed by atoms with Crippen LogP contribution in [0.15, 0.2) is 107 Å². The summed E-state index contributed by atoms with van der Waals surface area (Å²) >= 11 is 1.22. The molecule has 0 aromatic heterocycles. The zero-order valence-electron chi connectivity index (χ0n) is 20.4. The number of amides is 2.